The maximum Gasteiger partial charge on any atom is 0.426 e. The number of aliphatic hydroxyl groups is 1. The van der Waals surface area contributed by atoms with Gasteiger partial charge in [0.15, 0.2) is 0 Å². The fourth-order valence-electron chi connectivity index (χ4n) is 1.69. The van der Waals surface area contributed by atoms with Gasteiger partial charge in [0.25, 0.3) is 0 Å². The third-order valence-electron chi connectivity index (χ3n) is 2.57. The highest BCUT2D eigenvalue weighted by Crippen LogP contribution is 2.46. The van der Waals surface area contributed by atoms with Crippen molar-refractivity contribution in [2.45, 2.75) is 11.8 Å². The van der Waals surface area contributed by atoms with Crippen LogP contribution in [0.5, 0.6) is 0 Å². The van der Waals surface area contributed by atoms with E-state index in [1.807, 2.05) is 0 Å². The van der Waals surface area contributed by atoms with Crippen molar-refractivity contribution in [1.29, 1.82) is 0 Å². The molecule has 0 bridgehead atoms. The zero-order valence-corrected chi connectivity index (χ0v) is 11.5. The van der Waals surface area contributed by atoms with Crippen LogP contribution in [0.1, 0.15) is 10.4 Å². The van der Waals surface area contributed by atoms with E-state index in [1.165, 1.54) is 23.6 Å². The Bertz CT molecular complexity index is 563. The average Bonchev–Trinajstić information content (AvgIpc) is 2.78. The second kappa shape index (κ2) is 4.98. The highest BCUT2D eigenvalue weighted by atomic mass is 35.5. The van der Waals surface area contributed by atoms with Gasteiger partial charge in [-0.15, -0.1) is 11.3 Å². The molecule has 102 valence electrons. The monoisotopic (exact) mass is 326 g/mol. The van der Waals surface area contributed by atoms with Gasteiger partial charge in [0, 0.05) is 20.5 Å². The molecule has 0 spiro atoms. The highest BCUT2D eigenvalue weighted by molar-refractivity contribution is 7.10. The zero-order valence-electron chi connectivity index (χ0n) is 9.21. The van der Waals surface area contributed by atoms with Crippen LogP contribution >= 0.6 is 34.5 Å². The summed E-state index contributed by atoms with van der Waals surface area (Å²) in [5.74, 6) is 0. The molecule has 0 amide bonds. The molecule has 1 aromatic carbocycles. The molecule has 1 unspecified atom stereocenters. The fourth-order valence-corrected chi connectivity index (χ4v) is 3.08. The first-order valence-electron chi connectivity index (χ1n) is 5.05. The molecule has 19 heavy (non-hydrogen) atoms. The van der Waals surface area contributed by atoms with E-state index in [1.54, 1.807) is 0 Å². The molecule has 0 saturated heterocycles. The minimum atomic E-state index is -4.88. The number of alkyl halides is 3. The number of hydrogen-bond acceptors (Lipinski definition) is 2. The van der Waals surface area contributed by atoms with Gasteiger partial charge in [0.1, 0.15) is 0 Å². The maximum atomic E-state index is 13.3. The quantitative estimate of drug-likeness (QED) is 0.836. The minimum absolute atomic E-state index is 0.0294. The lowest BCUT2D eigenvalue weighted by Gasteiger charge is -2.30. The van der Waals surface area contributed by atoms with Crippen LogP contribution in [-0.4, -0.2) is 11.3 Å². The van der Waals surface area contributed by atoms with E-state index in [0.717, 1.165) is 23.5 Å². The maximum absolute atomic E-state index is 13.3. The van der Waals surface area contributed by atoms with Gasteiger partial charge in [-0.2, -0.15) is 13.2 Å². The summed E-state index contributed by atoms with van der Waals surface area (Å²) in [7, 11) is 0. The van der Waals surface area contributed by atoms with Crippen LogP contribution in [0.3, 0.4) is 0 Å². The summed E-state index contributed by atoms with van der Waals surface area (Å²) < 4.78 is 39.9. The molecule has 0 radical (unpaired) electrons. The summed E-state index contributed by atoms with van der Waals surface area (Å²) in [4.78, 5) is -0.238. The molecule has 1 aromatic heterocycles. The molecule has 0 saturated carbocycles. The van der Waals surface area contributed by atoms with Crippen molar-refractivity contribution in [2.24, 2.45) is 0 Å². The van der Waals surface area contributed by atoms with Crippen LogP contribution in [-0.2, 0) is 5.60 Å². The normalized spacial score (nSPS) is 15.3. The smallest absolute Gasteiger partial charge is 0.372 e. The lowest BCUT2D eigenvalue weighted by Crippen LogP contribution is -2.42. The molecule has 7 heteroatoms. The predicted octanol–water partition coefficient (Wildman–Crippen LogP) is 4.85. The average molecular weight is 327 g/mol. The zero-order chi connectivity index (χ0) is 14.3. The Labute approximate surface area is 121 Å². The second-order valence-corrected chi connectivity index (χ2v) is 5.66. The van der Waals surface area contributed by atoms with Gasteiger partial charge in [0.05, 0.1) is 0 Å². The summed E-state index contributed by atoms with van der Waals surface area (Å²) >= 11 is 12.2. The van der Waals surface area contributed by atoms with Crippen molar-refractivity contribution in [2.75, 3.05) is 0 Å². The Morgan fingerprint density at radius 2 is 1.63 bits per heavy atom. The predicted molar refractivity (Wildman–Crippen MR) is 69.8 cm³/mol. The van der Waals surface area contributed by atoms with E-state index in [9.17, 15) is 18.3 Å². The molecule has 1 heterocycles. The largest absolute Gasteiger partial charge is 0.426 e. The molecule has 1 nitrogen and oxygen atoms in total. The number of halogens is 5. The molecule has 0 aliphatic heterocycles. The summed E-state index contributed by atoms with van der Waals surface area (Å²) in [6, 6.07) is 6.06. The molecule has 1 N–H and O–H groups in total. The van der Waals surface area contributed by atoms with E-state index in [4.69, 9.17) is 23.2 Å². The van der Waals surface area contributed by atoms with Gasteiger partial charge in [-0.05, 0) is 29.6 Å². The van der Waals surface area contributed by atoms with Crippen LogP contribution < -0.4 is 0 Å². The molecule has 2 aromatic rings. The summed E-state index contributed by atoms with van der Waals surface area (Å²) in [5, 5.41) is 11.7. The van der Waals surface area contributed by atoms with Crippen molar-refractivity contribution in [3.63, 3.8) is 0 Å². The molecule has 0 fully saturated rings. The Balaban J connectivity index is 2.69. The van der Waals surface area contributed by atoms with Crippen molar-refractivity contribution in [3.05, 3.63) is 56.2 Å². The van der Waals surface area contributed by atoms with Crippen LogP contribution in [0, 0.1) is 0 Å². The number of benzene rings is 1. The number of thiophene rings is 1. The van der Waals surface area contributed by atoms with Crippen LogP contribution in [0.25, 0.3) is 0 Å². The standard InChI is InChI=1S/C12H7Cl2F3OS/c13-8-4-7(5-9(14)6-8)11(18,12(15,16)17)10-2-1-3-19-10/h1-6,18H. The number of hydrogen-bond donors (Lipinski definition) is 1. The molecule has 1 atom stereocenters. The summed E-state index contributed by atoms with van der Waals surface area (Å²) in [6.07, 6.45) is -4.88. The molecule has 0 aliphatic carbocycles. The topological polar surface area (TPSA) is 20.2 Å². The van der Waals surface area contributed by atoms with Crippen LogP contribution in [0.2, 0.25) is 10.0 Å². The van der Waals surface area contributed by atoms with Crippen molar-refractivity contribution >= 4 is 34.5 Å². The lowest BCUT2D eigenvalue weighted by molar-refractivity contribution is -0.247. The van der Waals surface area contributed by atoms with E-state index >= 15 is 0 Å². The Kier molecular flexibility index (Phi) is 3.84. The molecular formula is C12H7Cl2F3OS. The van der Waals surface area contributed by atoms with Gasteiger partial charge in [-0.3, -0.25) is 0 Å². The van der Waals surface area contributed by atoms with E-state index < -0.39 is 17.3 Å². The SMILES string of the molecule is OC(c1cc(Cl)cc(Cl)c1)(c1cccs1)C(F)(F)F. The van der Waals surface area contributed by atoms with Crippen molar-refractivity contribution < 1.29 is 18.3 Å². The van der Waals surface area contributed by atoms with Gasteiger partial charge < -0.3 is 5.11 Å². The summed E-state index contributed by atoms with van der Waals surface area (Å²) in [5.41, 5.74) is -3.52. The second-order valence-electron chi connectivity index (χ2n) is 3.84. The van der Waals surface area contributed by atoms with Crippen molar-refractivity contribution in [1.82, 2.24) is 0 Å². The first-order chi connectivity index (χ1) is 8.75. The Hall–Kier alpha value is -0.750. The fraction of sp³-hybridized carbons (Fsp3) is 0.167. The third kappa shape index (κ3) is 2.60. The third-order valence-corrected chi connectivity index (χ3v) is 3.98. The summed E-state index contributed by atoms with van der Waals surface area (Å²) in [6.45, 7) is 0. The van der Waals surface area contributed by atoms with E-state index in [2.05, 4.69) is 0 Å². The van der Waals surface area contributed by atoms with Crippen LogP contribution in [0.4, 0.5) is 13.2 Å². The van der Waals surface area contributed by atoms with E-state index in [-0.39, 0.29) is 14.9 Å². The minimum Gasteiger partial charge on any atom is -0.372 e. The Morgan fingerprint density at radius 1 is 1.05 bits per heavy atom. The lowest BCUT2D eigenvalue weighted by atomic mass is 9.91. The Morgan fingerprint density at radius 3 is 2.05 bits per heavy atom. The molecule has 0 aliphatic rings. The van der Waals surface area contributed by atoms with Gasteiger partial charge in [-0.1, -0.05) is 29.3 Å². The molecule has 2 rings (SSSR count). The van der Waals surface area contributed by atoms with Gasteiger partial charge in [0.2, 0.25) is 5.60 Å². The van der Waals surface area contributed by atoms with Gasteiger partial charge >= 0.3 is 6.18 Å². The highest BCUT2D eigenvalue weighted by Gasteiger charge is 2.57. The first-order valence-corrected chi connectivity index (χ1v) is 6.68. The first kappa shape index (κ1) is 14.7. The van der Waals surface area contributed by atoms with Crippen LogP contribution in [0.15, 0.2) is 35.7 Å². The number of rotatable bonds is 2. The van der Waals surface area contributed by atoms with Crippen molar-refractivity contribution in [3.8, 4) is 0 Å². The van der Waals surface area contributed by atoms with Gasteiger partial charge in [-0.25, -0.2) is 0 Å². The molecular weight excluding hydrogens is 320 g/mol. The van der Waals surface area contributed by atoms with E-state index in [0.29, 0.717) is 0 Å².